The Kier molecular flexibility index (Phi) is 5.41. The van der Waals surface area contributed by atoms with Crippen molar-refractivity contribution in [3.05, 3.63) is 80.0 Å². The first-order valence-corrected chi connectivity index (χ1v) is 10.5. The monoisotopic (exact) mass is 469 g/mol. The van der Waals surface area contributed by atoms with Gasteiger partial charge in [0, 0.05) is 27.9 Å². The van der Waals surface area contributed by atoms with Gasteiger partial charge in [-0.1, -0.05) is 35.0 Å². The summed E-state index contributed by atoms with van der Waals surface area (Å²) < 4.78 is 2.26. The lowest BCUT2D eigenvalue weighted by atomic mass is 10.2. The summed E-state index contributed by atoms with van der Waals surface area (Å²) in [4.78, 5) is 32.9. The molecular weight excluding hydrogens is 454 g/mol. The van der Waals surface area contributed by atoms with Crippen molar-refractivity contribution >= 4 is 39.0 Å². The van der Waals surface area contributed by atoms with Gasteiger partial charge in [0.15, 0.2) is 0 Å². The molecule has 0 bridgehead atoms. The molecule has 2 N–H and O–H groups in total. The number of aromatic amines is 1. The van der Waals surface area contributed by atoms with Gasteiger partial charge in [0.05, 0.1) is 4.88 Å². The number of hydrogen-bond acceptors (Lipinski definition) is 5. The normalized spacial score (nSPS) is 10.8. The molecule has 0 aliphatic rings. The Labute approximate surface area is 178 Å². The highest BCUT2D eigenvalue weighted by Crippen LogP contribution is 2.27. The first kappa shape index (κ1) is 19.3. The maximum Gasteiger partial charge on any atom is 0.256 e. The van der Waals surface area contributed by atoms with Crippen LogP contribution in [0.1, 0.15) is 23.0 Å². The molecule has 1 aromatic carbocycles. The smallest absolute Gasteiger partial charge is 0.256 e. The maximum absolute atomic E-state index is 12.8. The quantitative estimate of drug-likeness (QED) is 0.456. The average Bonchev–Trinajstić information content (AvgIpc) is 3.37. The molecule has 0 aliphatic carbocycles. The van der Waals surface area contributed by atoms with Crippen LogP contribution in [0.5, 0.6) is 0 Å². The van der Waals surface area contributed by atoms with E-state index >= 15 is 0 Å². The fraction of sp³-hybridized carbons (Fsp3) is 0.100. The molecule has 0 radical (unpaired) electrons. The predicted octanol–water partition coefficient (Wildman–Crippen LogP) is 4.26. The van der Waals surface area contributed by atoms with E-state index in [1.165, 1.54) is 22.1 Å². The summed E-state index contributed by atoms with van der Waals surface area (Å²) >= 11 is 4.91. The van der Waals surface area contributed by atoms with Gasteiger partial charge in [0.2, 0.25) is 5.95 Å². The number of carbonyl (C=O) groups excluding carboxylic acids is 1. The van der Waals surface area contributed by atoms with E-state index in [2.05, 4.69) is 36.3 Å². The first-order chi connectivity index (χ1) is 14.0. The number of H-pyrrole nitrogens is 1. The molecular formula is C20H16BrN5O2S. The van der Waals surface area contributed by atoms with Crippen molar-refractivity contribution in [1.82, 2.24) is 19.7 Å². The Morgan fingerprint density at radius 3 is 2.83 bits per heavy atom. The molecule has 146 valence electrons. The van der Waals surface area contributed by atoms with Crippen molar-refractivity contribution in [3.8, 4) is 16.5 Å². The first-order valence-electron chi connectivity index (χ1n) is 8.85. The highest BCUT2D eigenvalue weighted by molar-refractivity contribution is 9.10. The fourth-order valence-corrected chi connectivity index (χ4v) is 3.85. The van der Waals surface area contributed by atoms with E-state index in [0.717, 1.165) is 9.35 Å². The Bertz CT molecular complexity index is 1230. The van der Waals surface area contributed by atoms with E-state index in [1.54, 1.807) is 24.3 Å². The molecule has 4 rings (SSSR count). The molecule has 9 heteroatoms. The van der Waals surface area contributed by atoms with Crippen LogP contribution in [0, 0.1) is 0 Å². The van der Waals surface area contributed by atoms with Gasteiger partial charge in [-0.05, 0) is 36.1 Å². The van der Waals surface area contributed by atoms with Crippen LogP contribution in [0.25, 0.3) is 16.5 Å². The predicted molar refractivity (Wildman–Crippen MR) is 117 cm³/mol. The Morgan fingerprint density at radius 1 is 1.24 bits per heavy atom. The van der Waals surface area contributed by atoms with E-state index in [-0.39, 0.29) is 17.4 Å². The minimum absolute atomic E-state index is 0.252. The maximum atomic E-state index is 12.8. The Hall–Kier alpha value is -3.04. The van der Waals surface area contributed by atoms with E-state index in [4.69, 9.17) is 0 Å². The molecule has 0 saturated carbocycles. The van der Waals surface area contributed by atoms with Crippen LogP contribution in [0.2, 0.25) is 0 Å². The second-order valence-electron chi connectivity index (χ2n) is 6.18. The molecule has 4 aromatic rings. The second-order valence-corrected chi connectivity index (χ2v) is 8.05. The van der Waals surface area contributed by atoms with Crippen LogP contribution in [-0.4, -0.2) is 25.7 Å². The molecule has 0 spiro atoms. The highest BCUT2D eigenvalue weighted by atomic mass is 79.9. The number of hydrogen-bond donors (Lipinski definition) is 2. The Balaban J connectivity index is 1.79. The van der Waals surface area contributed by atoms with Crippen LogP contribution >= 0.6 is 27.3 Å². The molecule has 3 heterocycles. The zero-order valence-corrected chi connectivity index (χ0v) is 17.8. The average molecular weight is 470 g/mol. The lowest BCUT2D eigenvalue weighted by Gasteiger charge is -2.09. The summed E-state index contributed by atoms with van der Waals surface area (Å²) in [6, 6.07) is 14.2. The molecule has 0 fully saturated rings. The van der Waals surface area contributed by atoms with Crippen LogP contribution < -0.4 is 10.9 Å². The molecule has 1 amide bonds. The number of anilines is 1. The van der Waals surface area contributed by atoms with Gasteiger partial charge >= 0.3 is 0 Å². The lowest BCUT2D eigenvalue weighted by molar-refractivity contribution is 0.102. The van der Waals surface area contributed by atoms with Crippen molar-refractivity contribution in [2.75, 3.05) is 5.32 Å². The van der Waals surface area contributed by atoms with Gasteiger partial charge in [0.25, 0.3) is 11.5 Å². The SMILES string of the molecule is CCc1cc(=O)[nH]c(-n2nc(-c3cccs3)cc2NC(=O)c2cccc(Br)c2)n1. The molecule has 0 atom stereocenters. The Morgan fingerprint density at radius 2 is 2.10 bits per heavy atom. The third-order valence-electron chi connectivity index (χ3n) is 4.16. The zero-order valence-electron chi connectivity index (χ0n) is 15.3. The van der Waals surface area contributed by atoms with Gasteiger partial charge in [-0.25, -0.2) is 4.98 Å². The molecule has 0 saturated heterocycles. The number of aromatic nitrogens is 4. The van der Waals surface area contributed by atoms with Crippen molar-refractivity contribution in [2.45, 2.75) is 13.3 Å². The van der Waals surface area contributed by atoms with Crippen LogP contribution in [0.15, 0.2) is 63.2 Å². The third kappa shape index (κ3) is 4.20. The number of nitrogens with zero attached hydrogens (tertiary/aromatic N) is 3. The van der Waals surface area contributed by atoms with Gasteiger partial charge in [-0.2, -0.15) is 9.78 Å². The number of carbonyl (C=O) groups is 1. The lowest BCUT2D eigenvalue weighted by Crippen LogP contribution is -2.19. The molecule has 0 aliphatic heterocycles. The highest BCUT2D eigenvalue weighted by Gasteiger charge is 2.17. The standard InChI is InChI=1S/C20H16BrN5O2S/c1-2-14-10-18(27)24-20(22-14)26-17(11-15(25-26)16-7-4-8-29-16)23-19(28)12-5-3-6-13(21)9-12/h3-11H,2H2,1H3,(H,23,28)(H,22,24,27). The molecule has 7 nitrogen and oxygen atoms in total. The van der Waals surface area contributed by atoms with Gasteiger partial charge in [0.1, 0.15) is 11.5 Å². The minimum atomic E-state index is -0.292. The number of thiophene rings is 1. The van der Waals surface area contributed by atoms with E-state index in [1.807, 2.05) is 30.5 Å². The summed E-state index contributed by atoms with van der Waals surface area (Å²) in [6.07, 6.45) is 0.607. The van der Waals surface area contributed by atoms with Crippen molar-refractivity contribution in [2.24, 2.45) is 0 Å². The van der Waals surface area contributed by atoms with Crippen LogP contribution in [0.3, 0.4) is 0 Å². The van der Waals surface area contributed by atoms with Crippen molar-refractivity contribution in [1.29, 1.82) is 0 Å². The fourth-order valence-electron chi connectivity index (χ4n) is 2.77. The van der Waals surface area contributed by atoms with E-state index in [0.29, 0.717) is 29.2 Å². The second kappa shape index (κ2) is 8.14. The largest absolute Gasteiger partial charge is 0.306 e. The topological polar surface area (TPSA) is 92.7 Å². The summed E-state index contributed by atoms with van der Waals surface area (Å²) in [6.45, 7) is 1.92. The summed E-state index contributed by atoms with van der Waals surface area (Å²) in [7, 11) is 0. The zero-order chi connectivity index (χ0) is 20.4. The molecule has 29 heavy (non-hydrogen) atoms. The van der Waals surface area contributed by atoms with Crippen molar-refractivity contribution < 1.29 is 4.79 Å². The van der Waals surface area contributed by atoms with Gasteiger partial charge in [-0.15, -0.1) is 11.3 Å². The van der Waals surface area contributed by atoms with E-state index in [9.17, 15) is 9.59 Å². The summed E-state index contributed by atoms with van der Waals surface area (Å²) in [5.74, 6) is 0.371. The van der Waals surface area contributed by atoms with Crippen LogP contribution in [-0.2, 0) is 6.42 Å². The van der Waals surface area contributed by atoms with Crippen molar-refractivity contribution in [3.63, 3.8) is 0 Å². The summed E-state index contributed by atoms with van der Waals surface area (Å²) in [5.41, 5.74) is 1.54. The number of nitrogens with one attached hydrogen (secondary N) is 2. The number of halogens is 1. The number of rotatable bonds is 5. The molecule has 3 aromatic heterocycles. The summed E-state index contributed by atoms with van der Waals surface area (Å²) in [5, 5.41) is 9.40. The number of benzene rings is 1. The minimum Gasteiger partial charge on any atom is -0.306 e. The number of aryl methyl sites for hydroxylation is 1. The number of amides is 1. The third-order valence-corrected chi connectivity index (χ3v) is 5.54. The van der Waals surface area contributed by atoms with Crippen LogP contribution in [0.4, 0.5) is 5.82 Å². The van der Waals surface area contributed by atoms with Gasteiger partial charge in [-0.3, -0.25) is 14.6 Å². The van der Waals surface area contributed by atoms with E-state index < -0.39 is 0 Å². The van der Waals surface area contributed by atoms with Gasteiger partial charge < -0.3 is 5.32 Å². The molecule has 0 unspecified atom stereocenters.